The Hall–Kier alpha value is -1.47. The molecule has 5 nitrogen and oxygen atoms in total. The third-order valence-electron chi connectivity index (χ3n) is 2.71. The first kappa shape index (κ1) is 15.6. The zero-order valence-electron chi connectivity index (χ0n) is 10.9. The van der Waals surface area contributed by atoms with Crippen molar-refractivity contribution >= 4 is 15.9 Å². The topological polar surface area (TPSA) is 96.0 Å². The maximum atomic E-state index is 13.0. The molecule has 106 valence electrons. The van der Waals surface area contributed by atoms with E-state index in [1.54, 1.807) is 6.92 Å². The number of aryl methyl sites for hydroxylation is 1. The van der Waals surface area contributed by atoms with Gasteiger partial charge in [0.2, 0.25) is 10.0 Å². The number of nitrogens with two attached hydrogens (primary N) is 1. The van der Waals surface area contributed by atoms with Gasteiger partial charge in [0.15, 0.2) is 0 Å². The summed E-state index contributed by atoms with van der Waals surface area (Å²) in [6.07, 6.45) is 0.662. The smallest absolute Gasteiger partial charge is 0.241 e. The number of sulfonamides is 1. The van der Waals surface area contributed by atoms with Crippen molar-refractivity contribution in [2.75, 3.05) is 0 Å². The molecule has 0 radical (unpaired) electrons. The van der Waals surface area contributed by atoms with Crippen molar-refractivity contribution < 1.29 is 12.8 Å². The molecular weight excluding hydrogens is 269 g/mol. The van der Waals surface area contributed by atoms with E-state index in [0.717, 1.165) is 6.07 Å². The fourth-order valence-electron chi connectivity index (χ4n) is 1.73. The van der Waals surface area contributed by atoms with E-state index >= 15 is 0 Å². The number of nitrogens with one attached hydrogen (secondary N) is 2. The van der Waals surface area contributed by atoms with Crippen LogP contribution in [0.4, 0.5) is 4.39 Å². The molecule has 1 aromatic rings. The van der Waals surface area contributed by atoms with Crippen LogP contribution in [-0.2, 0) is 10.0 Å². The number of rotatable bonds is 6. The van der Waals surface area contributed by atoms with Crippen LogP contribution in [0.3, 0.4) is 0 Å². The van der Waals surface area contributed by atoms with Crippen LogP contribution in [0.5, 0.6) is 0 Å². The van der Waals surface area contributed by atoms with Gasteiger partial charge in [0.25, 0.3) is 0 Å². The van der Waals surface area contributed by atoms with Crippen LogP contribution in [0.1, 0.15) is 25.3 Å². The van der Waals surface area contributed by atoms with Crippen LogP contribution in [0.25, 0.3) is 0 Å². The summed E-state index contributed by atoms with van der Waals surface area (Å²) in [4.78, 5) is 0.0379. The molecule has 1 rings (SSSR count). The van der Waals surface area contributed by atoms with Crippen LogP contribution in [-0.4, -0.2) is 20.3 Å². The highest BCUT2D eigenvalue weighted by Gasteiger charge is 2.21. The highest BCUT2D eigenvalue weighted by molar-refractivity contribution is 7.89. The summed E-state index contributed by atoms with van der Waals surface area (Å²) in [5, 5.41) is 7.20. The minimum Gasteiger partial charge on any atom is -0.388 e. The number of hydrogen-bond donors (Lipinski definition) is 3. The molecular formula is C12H18FN3O2S. The summed E-state index contributed by atoms with van der Waals surface area (Å²) in [6.45, 7) is 3.33. The van der Waals surface area contributed by atoms with Crippen molar-refractivity contribution in [1.29, 1.82) is 5.41 Å². The highest BCUT2D eigenvalue weighted by atomic mass is 32.2. The van der Waals surface area contributed by atoms with Gasteiger partial charge in [0.1, 0.15) is 5.82 Å². The van der Waals surface area contributed by atoms with Gasteiger partial charge in [0, 0.05) is 12.5 Å². The van der Waals surface area contributed by atoms with Gasteiger partial charge in [-0.25, -0.2) is 17.5 Å². The SMILES string of the molecule is CCC(CC(=N)N)NS(=O)(=O)c1ccc(F)cc1C. The lowest BCUT2D eigenvalue weighted by Crippen LogP contribution is -2.37. The molecule has 0 amide bonds. The average molecular weight is 287 g/mol. The van der Waals surface area contributed by atoms with Crippen LogP contribution < -0.4 is 10.5 Å². The quantitative estimate of drug-likeness (QED) is 0.546. The number of benzene rings is 1. The highest BCUT2D eigenvalue weighted by Crippen LogP contribution is 2.17. The Labute approximate surface area is 112 Å². The molecule has 0 aliphatic rings. The van der Waals surface area contributed by atoms with Crippen molar-refractivity contribution in [1.82, 2.24) is 4.72 Å². The molecule has 1 unspecified atom stereocenters. The summed E-state index contributed by atoms with van der Waals surface area (Å²) < 4.78 is 39.8. The Morgan fingerprint density at radius 1 is 1.53 bits per heavy atom. The van der Waals surface area contributed by atoms with E-state index in [1.165, 1.54) is 19.1 Å². The summed E-state index contributed by atoms with van der Waals surface area (Å²) in [5.41, 5.74) is 5.61. The molecule has 0 aromatic heterocycles. The first-order chi connectivity index (χ1) is 8.76. The van der Waals surface area contributed by atoms with Gasteiger partial charge in [0.05, 0.1) is 10.7 Å². The van der Waals surface area contributed by atoms with Gasteiger partial charge >= 0.3 is 0 Å². The summed E-state index contributed by atoms with van der Waals surface area (Å²) in [6, 6.07) is 3.06. The number of amidine groups is 1. The van der Waals surface area contributed by atoms with Crippen LogP contribution in [0.15, 0.2) is 23.1 Å². The second-order valence-corrected chi connectivity index (χ2v) is 6.05. The predicted octanol–water partition coefficient (Wildman–Crippen LogP) is 1.52. The maximum Gasteiger partial charge on any atom is 0.241 e. The van der Waals surface area contributed by atoms with Gasteiger partial charge in [-0.3, -0.25) is 5.41 Å². The maximum absolute atomic E-state index is 13.0. The molecule has 7 heteroatoms. The number of halogens is 1. The van der Waals surface area contributed by atoms with Crippen LogP contribution in [0, 0.1) is 18.2 Å². The molecule has 1 atom stereocenters. The van der Waals surface area contributed by atoms with Crippen molar-refractivity contribution in [3.63, 3.8) is 0 Å². The van der Waals surface area contributed by atoms with Crippen LogP contribution in [0.2, 0.25) is 0 Å². The minimum absolute atomic E-state index is 0.0379. The molecule has 0 saturated heterocycles. The molecule has 0 aliphatic carbocycles. The Morgan fingerprint density at radius 3 is 2.63 bits per heavy atom. The van der Waals surface area contributed by atoms with Gasteiger partial charge in [-0.05, 0) is 37.1 Å². The summed E-state index contributed by atoms with van der Waals surface area (Å²) in [5.74, 6) is -0.558. The van der Waals surface area contributed by atoms with E-state index in [2.05, 4.69) is 4.72 Å². The Morgan fingerprint density at radius 2 is 2.16 bits per heavy atom. The van der Waals surface area contributed by atoms with Crippen molar-refractivity contribution in [3.05, 3.63) is 29.6 Å². The fraction of sp³-hybridized carbons (Fsp3) is 0.417. The zero-order valence-corrected chi connectivity index (χ0v) is 11.7. The molecule has 0 saturated carbocycles. The van der Waals surface area contributed by atoms with E-state index in [-0.39, 0.29) is 17.2 Å². The molecule has 1 aromatic carbocycles. The lowest BCUT2D eigenvalue weighted by atomic mass is 10.1. The van der Waals surface area contributed by atoms with Crippen LogP contribution >= 0.6 is 0 Å². The Bertz CT molecular complexity index is 572. The second kappa shape index (κ2) is 6.12. The largest absolute Gasteiger partial charge is 0.388 e. The first-order valence-electron chi connectivity index (χ1n) is 5.87. The molecule has 4 N–H and O–H groups in total. The molecule has 19 heavy (non-hydrogen) atoms. The van der Waals surface area contributed by atoms with Gasteiger partial charge < -0.3 is 5.73 Å². The zero-order chi connectivity index (χ0) is 14.6. The van der Waals surface area contributed by atoms with E-state index in [4.69, 9.17) is 11.1 Å². The van der Waals surface area contributed by atoms with E-state index in [0.29, 0.717) is 12.0 Å². The monoisotopic (exact) mass is 287 g/mol. The first-order valence-corrected chi connectivity index (χ1v) is 7.36. The van der Waals surface area contributed by atoms with Crippen molar-refractivity contribution in [2.45, 2.75) is 37.6 Å². The van der Waals surface area contributed by atoms with Crippen molar-refractivity contribution in [2.24, 2.45) is 5.73 Å². The molecule has 0 spiro atoms. The molecule has 0 aliphatic heterocycles. The third-order valence-corrected chi connectivity index (χ3v) is 4.39. The van der Waals surface area contributed by atoms with Gasteiger partial charge in [-0.15, -0.1) is 0 Å². The molecule has 0 fully saturated rings. The third kappa shape index (κ3) is 4.29. The lowest BCUT2D eigenvalue weighted by molar-refractivity contribution is 0.544. The minimum atomic E-state index is -3.73. The Balaban J connectivity index is 3.00. The van der Waals surface area contributed by atoms with Crippen molar-refractivity contribution in [3.8, 4) is 0 Å². The van der Waals surface area contributed by atoms with E-state index < -0.39 is 21.9 Å². The summed E-state index contributed by atoms with van der Waals surface area (Å²) in [7, 11) is -3.73. The van der Waals surface area contributed by atoms with E-state index in [9.17, 15) is 12.8 Å². The lowest BCUT2D eigenvalue weighted by Gasteiger charge is -2.17. The van der Waals surface area contributed by atoms with E-state index in [1.807, 2.05) is 0 Å². The van der Waals surface area contributed by atoms with Gasteiger partial charge in [-0.2, -0.15) is 0 Å². The summed E-state index contributed by atoms with van der Waals surface area (Å²) >= 11 is 0. The standard InChI is InChI=1S/C12H18FN3O2S/c1-3-10(7-12(14)15)16-19(17,18)11-5-4-9(13)6-8(11)2/h4-6,10,16H,3,7H2,1-2H3,(H3,14,15). The number of hydrogen-bond acceptors (Lipinski definition) is 3. The molecule has 0 heterocycles. The Kier molecular flexibility index (Phi) is 5.02. The predicted molar refractivity (Wildman–Crippen MR) is 72.1 cm³/mol. The normalized spacial score (nSPS) is 13.2. The molecule has 0 bridgehead atoms. The van der Waals surface area contributed by atoms with Gasteiger partial charge in [-0.1, -0.05) is 6.92 Å². The average Bonchev–Trinajstić information content (AvgIpc) is 2.26. The fourth-order valence-corrected chi connectivity index (χ4v) is 3.28. The second-order valence-electron chi connectivity index (χ2n) is 4.37.